The van der Waals surface area contributed by atoms with E-state index in [1.165, 1.54) is 6.07 Å². The Morgan fingerprint density at radius 2 is 1.95 bits per heavy atom. The second-order valence-electron chi connectivity index (χ2n) is 4.61. The first-order valence-corrected chi connectivity index (χ1v) is 6.72. The van der Waals surface area contributed by atoms with Crippen molar-refractivity contribution in [2.24, 2.45) is 0 Å². The summed E-state index contributed by atoms with van der Waals surface area (Å²) in [7, 11) is 1.59. The van der Waals surface area contributed by atoms with Gasteiger partial charge in [0.05, 0.1) is 13.2 Å². The molecule has 2 aromatic rings. The van der Waals surface area contributed by atoms with Crippen LogP contribution in [0.5, 0.6) is 5.75 Å². The van der Waals surface area contributed by atoms with Gasteiger partial charge < -0.3 is 9.84 Å². The third-order valence-electron chi connectivity index (χ3n) is 3.11. The molecular weight excluding hydrogens is 279 g/mol. The third-order valence-corrected chi connectivity index (χ3v) is 3.46. The van der Waals surface area contributed by atoms with Crippen LogP contribution in [-0.4, -0.2) is 18.3 Å². The number of aliphatic hydroxyl groups is 1. The van der Waals surface area contributed by atoms with Gasteiger partial charge in [0.15, 0.2) is 0 Å². The van der Waals surface area contributed by atoms with Crippen LogP contribution in [-0.2, 0) is 12.8 Å². The lowest BCUT2D eigenvalue weighted by Crippen LogP contribution is -2.15. The predicted molar refractivity (Wildman–Crippen MR) is 77.8 cm³/mol. The first-order chi connectivity index (χ1) is 9.60. The second kappa shape index (κ2) is 6.73. The molecule has 0 aliphatic heterocycles. The Kier molecular flexibility index (Phi) is 4.99. The van der Waals surface area contributed by atoms with Crippen molar-refractivity contribution in [1.82, 2.24) is 0 Å². The Balaban J connectivity index is 2.07. The Morgan fingerprint density at radius 1 is 1.20 bits per heavy atom. The zero-order valence-electron chi connectivity index (χ0n) is 11.1. The number of hydrogen-bond acceptors (Lipinski definition) is 2. The van der Waals surface area contributed by atoms with Crippen molar-refractivity contribution in [2.45, 2.75) is 18.9 Å². The Hall–Kier alpha value is -1.58. The van der Waals surface area contributed by atoms with E-state index < -0.39 is 6.10 Å². The summed E-state index contributed by atoms with van der Waals surface area (Å²) in [5.74, 6) is 0.348. The predicted octanol–water partition coefficient (Wildman–Crippen LogP) is 3.63. The highest BCUT2D eigenvalue weighted by molar-refractivity contribution is 6.31. The smallest absolute Gasteiger partial charge is 0.127 e. The lowest BCUT2D eigenvalue weighted by atomic mass is 10.0. The molecule has 2 rings (SSSR count). The van der Waals surface area contributed by atoms with E-state index in [2.05, 4.69) is 0 Å². The maximum Gasteiger partial charge on any atom is 0.127 e. The molecule has 0 aliphatic carbocycles. The van der Waals surface area contributed by atoms with Gasteiger partial charge in [-0.05, 0) is 36.2 Å². The van der Waals surface area contributed by atoms with Crippen LogP contribution in [0.15, 0.2) is 42.5 Å². The largest absolute Gasteiger partial charge is 0.497 e. The summed E-state index contributed by atoms with van der Waals surface area (Å²) in [6.45, 7) is 0. The summed E-state index contributed by atoms with van der Waals surface area (Å²) in [4.78, 5) is 0. The van der Waals surface area contributed by atoms with Gasteiger partial charge in [0.2, 0.25) is 0 Å². The van der Waals surface area contributed by atoms with E-state index >= 15 is 0 Å². The number of ether oxygens (including phenoxy) is 1. The molecule has 1 atom stereocenters. The molecule has 0 spiro atoms. The number of aliphatic hydroxyl groups excluding tert-OH is 1. The van der Waals surface area contributed by atoms with Crippen molar-refractivity contribution in [3.8, 4) is 5.75 Å². The van der Waals surface area contributed by atoms with Gasteiger partial charge in [-0.25, -0.2) is 4.39 Å². The fourth-order valence-electron chi connectivity index (χ4n) is 2.11. The van der Waals surface area contributed by atoms with Gasteiger partial charge in [0, 0.05) is 17.0 Å². The average Bonchev–Trinajstić information content (AvgIpc) is 2.43. The summed E-state index contributed by atoms with van der Waals surface area (Å²) in [5, 5.41) is 10.4. The van der Waals surface area contributed by atoms with Crippen molar-refractivity contribution in [1.29, 1.82) is 0 Å². The molecule has 0 radical (unpaired) electrons. The quantitative estimate of drug-likeness (QED) is 0.912. The average molecular weight is 295 g/mol. The second-order valence-corrected chi connectivity index (χ2v) is 5.02. The minimum Gasteiger partial charge on any atom is -0.497 e. The summed E-state index contributed by atoms with van der Waals surface area (Å²) < 4.78 is 18.8. The molecule has 0 saturated carbocycles. The highest BCUT2D eigenvalue weighted by Crippen LogP contribution is 2.22. The molecule has 0 saturated heterocycles. The fraction of sp³-hybridized carbons (Fsp3) is 0.250. The van der Waals surface area contributed by atoms with E-state index in [-0.39, 0.29) is 12.2 Å². The molecule has 1 N–H and O–H groups in total. The topological polar surface area (TPSA) is 29.5 Å². The summed E-state index contributed by atoms with van der Waals surface area (Å²) >= 11 is 5.95. The third kappa shape index (κ3) is 3.71. The standard InChI is InChI=1S/C16H16ClFO2/c1-20-13-5-2-4-11(9-13)8-12(19)10-14-15(17)6-3-7-16(14)18/h2-7,9,12,19H,8,10H2,1H3. The summed E-state index contributed by atoms with van der Waals surface area (Å²) in [5.41, 5.74) is 1.29. The van der Waals surface area contributed by atoms with Crippen LogP contribution in [0.2, 0.25) is 5.02 Å². The highest BCUT2D eigenvalue weighted by atomic mass is 35.5. The van der Waals surface area contributed by atoms with E-state index in [0.29, 0.717) is 17.0 Å². The van der Waals surface area contributed by atoms with Crippen LogP contribution in [0.25, 0.3) is 0 Å². The fourth-order valence-corrected chi connectivity index (χ4v) is 2.35. The van der Waals surface area contributed by atoms with E-state index in [9.17, 15) is 9.50 Å². The monoisotopic (exact) mass is 294 g/mol. The van der Waals surface area contributed by atoms with Crippen LogP contribution in [0, 0.1) is 5.82 Å². The summed E-state index contributed by atoms with van der Waals surface area (Å²) in [6.07, 6.45) is -0.0959. The molecule has 106 valence electrons. The SMILES string of the molecule is COc1cccc(CC(O)Cc2c(F)cccc2Cl)c1. The number of benzene rings is 2. The molecule has 0 aromatic heterocycles. The van der Waals surface area contributed by atoms with Crippen molar-refractivity contribution in [3.05, 3.63) is 64.4 Å². The number of methoxy groups -OCH3 is 1. The molecule has 0 heterocycles. The molecule has 2 nitrogen and oxygen atoms in total. The molecule has 0 amide bonds. The first kappa shape index (κ1) is 14.8. The zero-order valence-corrected chi connectivity index (χ0v) is 11.9. The van der Waals surface area contributed by atoms with Crippen molar-refractivity contribution < 1.29 is 14.2 Å². The van der Waals surface area contributed by atoms with Gasteiger partial charge in [-0.2, -0.15) is 0 Å². The minimum atomic E-state index is -0.698. The van der Waals surface area contributed by atoms with Crippen molar-refractivity contribution >= 4 is 11.6 Å². The number of rotatable bonds is 5. The van der Waals surface area contributed by atoms with Crippen molar-refractivity contribution in [3.63, 3.8) is 0 Å². The molecule has 1 unspecified atom stereocenters. The van der Waals surface area contributed by atoms with E-state index in [0.717, 1.165) is 11.3 Å². The normalized spacial score (nSPS) is 12.2. The van der Waals surface area contributed by atoms with Crippen LogP contribution in [0.4, 0.5) is 4.39 Å². The van der Waals surface area contributed by atoms with Gasteiger partial charge in [0.1, 0.15) is 11.6 Å². The molecular formula is C16H16ClFO2. The highest BCUT2D eigenvalue weighted by Gasteiger charge is 2.13. The van der Waals surface area contributed by atoms with Crippen LogP contribution < -0.4 is 4.74 Å². The van der Waals surface area contributed by atoms with Gasteiger partial charge in [-0.1, -0.05) is 29.8 Å². The Labute approximate surface area is 122 Å². The van der Waals surface area contributed by atoms with Gasteiger partial charge >= 0.3 is 0 Å². The van der Waals surface area contributed by atoms with Gasteiger partial charge in [-0.3, -0.25) is 0 Å². The lowest BCUT2D eigenvalue weighted by molar-refractivity contribution is 0.174. The molecule has 0 fully saturated rings. The molecule has 0 bridgehead atoms. The van der Waals surface area contributed by atoms with E-state index in [1.54, 1.807) is 19.2 Å². The molecule has 20 heavy (non-hydrogen) atoms. The maximum absolute atomic E-state index is 13.7. The Morgan fingerprint density at radius 3 is 2.65 bits per heavy atom. The van der Waals surface area contributed by atoms with Crippen LogP contribution in [0.1, 0.15) is 11.1 Å². The lowest BCUT2D eigenvalue weighted by Gasteiger charge is -2.13. The van der Waals surface area contributed by atoms with Gasteiger partial charge in [0.25, 0.3) is 0 Å². The molecule has 0 aliphatic rings. The first-order valence-electron chi connectivity index (χ1n) is 6.34. The number of halogens is 2. The van der Waals surface area contributed by atoms with Crippen molar-refractivity contribution in [2.75, 3.05) is 7.11 Å². The van der Waals surface area contributed by atoms with Crippen LogP contribution in [0.3, 0.4) is 0 Å². The maximum atomic E-state index is 13.7. The minimum absolute atomic E-state index is 0.183. The summed E-state index contributed by atoms with van der Waals surface area (Å²) in [6, 6.07) is 12.0. The Bertz CT molecular complexity index is 566. The van der Waals surface area contributed by atoms with Gasteiger partial charge in [-0.15, -0.1) is 0 Å². The molecule has 2 aromatic carbocycles. The molecule has 4 heteroatoms. The van der Waals surface area contributed by atoms with E-state index in [1.807, 2.05) is 24.3 Å². The number of hydrogen-bond donors (Lipinski definition) is 1. The van der Waals surface area contributed by atoms with Crippen LogP contribution >= 0.6 is 11.6 Å². The zero-order chi connectivity index (χ0) is 14.5. The van der Waals surface area contributed by atoms with E-state index in [4.69, 9.17) is 16.3 Å².